The molecule has 0 spiro atoms. The third-order valence-electron chi connectivity index (χ3n) is 4.53. The van der Waals surface area contributed by atoms with Crippen LogP contribution in [0.15, 0.2) is 24.3 Å². The summed E-state index contributed by atoms with van der Waals surface area (Å²) in [6.45, 7) is 7.92. The van der Waals surface area contributed by atoms with Gasteiger partial charge in [0.1, 0.15) is 0 Å². The van der Waals surface area contributed by atoms with Crippen molar-refractivity contribution >= 4 is 5.91 Å². The second-order valence-electron chi connectivity index (χ2n) is 6.78. The molecule has 0 radical (unpaired) electrons. The van der Waals surface area contributed by atoms with E-state index in [9.17, 15) is 4.79 Å². The van der Waals surface area contributed by atoms with Crippen LogP contribution in [0.2, 0.25) is 0 Å². The summed E-state index contributed by atoms with van der Waals surface area (Å²) in [5, 5.41) is 14.9. The molecular weight excluding hydrogens is 316 g/mol. The van der Waals surface area contributed by atoms with E-state index in [0.29, 0.717) is 17.9 Å². The van der Waals surface area contributed by atoms with Crippen LogP contribution < -0.4 is 5.32 Å². The molecule has 1 aromatic carbocycles. The molecule has 1 fully saturated rings. The Morgan fingerprint density at radius 3 is 2.80 bits per heavy atom. The molecule has 25 heavy (non-hydrogen) atoms. The maximum Gasteiger partial charge on any atom is 0.251 e. The highest BCUT2D eigenvalue weighted by molar-refractivity contribution is 5.95. The quantitative estimate of drug-likeness (QED) is 0.870. The standard InChI is InChI=1S/C18H26N6O/c1-14(2)24-17(20-21-22-24)15-7-6-8-16(13-15)18(25)19-9-12-23-10-4-3-5-11-23/h6-8,13-14H,3-5,9-12H2,1-2H3,(H,19,25). The summed E-state index contributed by atoms with van der Waals surface area (Å²) in [6, 6.07) is 7.62. The fourth-order valence-electron chi connectivity index (χ4n) is 3.14. The number of hydrogen-bond acceptors (Lipinski definition) is 5. The van der Waals surface area contributed by atoms with Gasteiger partial charge in [0, 0.05) is 24.2 Å². The van der Waals surface area contributed by atoms with Crippen molar-refractivity contribution in [1.82, 2.24) is 30.4 Å². The molecule has 7 nitrogen and oxygen atoms in total. The lowest BCUT2D eigenvalue weighted by Crippen LogP contribution is -2.37. The maximum atomic E-state index is 12.4. The van der Waals surface area contributed by atoms with Crippen LogP contribution in [0.1, 0.15) is 49.5 Å². The van der Waals surface area contributed by atoms with E-state index in [1.165, 1.54) is 19.3 Å². The monoisotopic (exact) mass is 342 g/mol. The van der Waals surface area contributed by atoms with Gasteiger partial charge in [-0.3, -0.25) is 4.79 Å². The van der Waals surface area contributed by atoms with Crippen LogP contribution in [0, 0.1) is 0 Å². The Balaban J connectivity index is 1.62. The van der Waals surface area contributed by atoms with Crippen LogP contribution >= 0.6 is 0 Å². The number of hydrogen-bond donors (Lipinski definition) is 1. The highest BCUT2D eigenvalue weighted by Gasteiger charge is 2.14. The van der Waals surface area contributed by atoms with Gasteiger partial charge in [-0.15, -0.1) is 5.10 Å². The van der Waals surface area contributed by atoms with E-state index in [-0.39, 0.29) is 11.9 Å². The van der Waals surface area contributed by atoms with Crippen molar-refractivity contribution in [3.63, 3.8) is 0 Å². The molecule has 2 heterocycles. The third-order valence-corrected chi connectivity index (χ3v) is 4.53. The van der Waals surface area contributed by atoms with Gasteiger partial charge in [-0.25, -0.2) is 4.68 Å². The maximum absolute atomic E-state index is 12.4. The lowest BCUT2D eigenvalue weighted by Gasteiger charge is -2.26. The molecule has 1 N–H and O–H groups in total. The van der Waals surface area contributed by atoms with Crippen molar-refractivity contribution in [2.75, 3.05) is 26.2 Å². The smallest absolute Gasteiger partial charge is 0.251 e. The minimum atomic E-state index is -0.0533. The van der Waals surface area contributed by atoms with Gasteiger partial charge in [-0.2, -0.15) is 0 Å². The number of nitrogens with zero attached hydrogens (tertiary/aromatic N) is 5. The number of likely N-dealkylation sites (tertiary alicyclic amines) is 1. The molecule has 0 bridgehead atoms. The zero-order chi connectivity index (χ0) is 17.6. The first kappa shape index (κ1) is 17.5. The summed E-state index contributed by atoms with van der Waals surface area (Å²) in [4.78, 5) is 14.9. The summed E-state index contributed by atoms with van der Waals surface area (Å²) in [7, 11) is 0. The first-order valence-electron chi connectivity index (χ1n) is 9.04. The van der Waals surface area contributed by atoms with Crippen molar-refractivity contribution in [2.45, 2.75) is 39.2 Å². The summed E-state index contributed by atoms with van der Waals surface area (Å²) in [5.41, 5.74) is 1.48. The number of carbonyl (C=O) groups excluding carboxylic acids is 1. The van der Waals surface area contributed by atoms with Crippen LogP contribution in [0.4, 0.5) is 0 Å². The Hall–Kier alpha value is -2.28. The number of nitrogens with one attached hydrogen (secondary N) is 1. The summed E-state index contributed by atoms with van der Waals surface area (Å²) in [5.74, 6) is 0.625. The molecule has 1 aromatic heterocycles. The normalized spacial score (nSPS) is 15.5. The first-order valence-corrected chi connectivity index (χ1v) is 9.04. The molecule has 1 aliphatic heterocycles. The fraction of sp³-hybridized carbons (Fsp3) is 0.556. The first-order chi connectivity index (χ1) is 12.1. The number of rotatable bonds is 6. The van der Waals surface area contributed by atoms with Gasteiger partial charge in [-0.1, -0.05) is 18.6 Å². The average Bonchev–Trinajstić information content (AvgIpc) is 3.13. The highest BCUT2D eigenvalue weighted by Crippen LogP contribution is 2.20. The second-order valence-corrected chi connectivity index (χ2v) is 6.78. The van der Waals surface area contributed by atoms with Crippen molar-refractivity contribution in [3.05, 3.63) is 29.8 Å². The fourth-order valence-corrected chi connectivity index (χ4v) is 3.14. The molecule has 0 atom stereocenters. The summed E-state index contributed by atoms with van der Waals surface area (Å²) >= 11 is 0. The lowest BCUT2D eigenvalue weighted by molar-refractivity contribution is 0.0946. The predicted molar refractivity (Wildman–Crippen MR) is 96.3 cm³/mol. The van der Waals surface area contributed by atoms with Crippen LogP contribution in [0.3, 0.4) is 0 Å². The Morgan fingerprint density at radius 2 is 2.04 bits per heavy atom. The molecular formula is C18H26N6O. The van der Waals surface area contributed by atoms with E-state index >= 15 is 0 Å². The zero-order valence-corrected chi connectivity index (χ0v) is 15.0. The van der Waals surface area contributed by atoms with E-state index in [1.54, 1.807) is 4.68 Å². The van der Waals surface area contributed by atoms with Crippen molar-refractivity contribution < 1.29 is 4.79 Å². The summed E-state index contributed by atoms with van der Waals surface area (Å²) < 4.78 is 1.76. The third kappa shape index (κ3) is 4.42. The molecule has 1 aliphatic rings. The topological polar surface area (TPSA) is 75.9 Å². The van der Waals surface area contributed by atoms with E-state index in [2.05, 4.69) is 25.7 Å². The van der Waals surface area contributed by atoms with Gasteiger partial charge in [0.25, 0.3) is 5.91 Å². The minimum absolute atomic E-state index is 0.0533. The Bertz CT molecular complexity index is 705. The average molecular weight is 342 g/mol. The van der Waals surface area contributed by atoms with Gasteiger partial charge in [0.2, 0.25) is 0 Å². The number of aromatic nitrogens is 4. The molecule has 0 aliphatic carbocycles. The summed E-state index contributed by atoms with van der Waals surface area (Å²) in [6.07, 6.45) is 3.85. The lowest BCUT2D eigenvalue weighted by atomic mass is 10.1. The van der Waals surface area contributed by atoms with Crippen molar-refractivity contribution in [1.29, 1.82) is 0 Å². The van der Waals surface area contributed by atoms with Crippen LogP contribution in [0.25, 0.3) is 11.4 Å². The molecule has 2 aromatic rings. The number of benzene rings is 1. The minimum Gasteiger partial charge on any atom is -0.351 e. The van der Waals surface area contributed by atoms with Crippen LogP contribution in [-0.4, -0.2) is 57.2 Å². The molecule has 0 unspecified atom stereocenters. The number of carbonyl (C=O) groups is 1. The SMILES string of the molecule is CC(C)n1nnnc1-c1cccc(C(=O)NCCN2CCCCC2)c1. The molecule has 0 saturated carbocycles. The van der Waals surface area contributed by atoms with E-state index in [4.69, 9.17) is 0 Å². The number of tetrazole rings is 1. The number of amides is 1. The Morgan fingerprint density at radius 1 is 1.24 bits per heavy atom. The van der Waals surface area contributed by atoms with Gasteiger partial charge >= 0.3 is 0 Å². The molecule has 134 valence electrons. The predicted octanol–water partition coefficient (Wildman–Crippen LogP) is 2.14. The van der Waals surface area contributed by atoms with Gasteiger partial charge < -0.3 is 10.2 Å². The van der Waals surface area contributed by atoms with Gasteiger partial charge in [0.05, 0.1) is 6.04 Å². The Labute approximate surface area is 148 Å². The van der Waals surface area contributed by atoms with Crippen molar-refractivity contribution in [2.24, 2.45) is 0 Å². The molecule has 3 rings (SSSR count). The number of piperidine rings is 1. The van der Waals surface area contributed by atoms with Gasteiger partial charge in [-0.05, 0) is 62.3 Å². The largest absolute Gasteiger partial charge is 0.351 e. The highest BCUT2D eigenvalue weighted by atomic mass is 16.1. The molecule has 1 amide bonds. The van der Waals surface area contributed by atoms with Crippen LogP contribution in [0.5, 0.6) is 0 Å². The molecule has 7 heteroatoms. The zero-order valence-electron chi connectivity index (χ0n) is 15.0. The second kappa shape index (κ2) is 8.20. The Kier molecular flexibility index (Phi) is 5.75. The van der Waals surface area contributed by atoms with E-state index in [1.807, 2.05) is 38.1 Å². The molecule has 1 saturated heterocycles. The van der Waals surface area contributed by atoms with Gasteiger partial charge in [0.15, 0.2) is 5.82 Å². The van der Waals surface area contributed by atoms with E-state index < -0.39 is 0 Å². The van der Waals surface area contributed by atoms with E-state index in [0.717, 1.165) is 25.2 Å². The van der Waals surface area contributed by atoms with Crippen molar-refractivity contribution in [3.8, 4) is 11.4 Å². The van der Waals surface area contributed by atoms with Crippen LogP contribution in [-0.2, 0) is 0 Å².